The van der Waals surface area contributed by atoms with Crippen LogP contribution in [0, 0.1) is 0 Å². The summed E-state index contributed by atoms with van der Waals surface area (Å²) >= 11 is 1.86. The van der Waals surface area contributed by atoms with Gasteiger partial charge in [-0.1, -0.05) is 0 Å². The topological polar surface area (TPSA) is 63.1 Å². The molecule has 5 heteroatoms. The fourth-order valence-electron chi connectivity index (χ4n) is 1.46. The fraction of sp³-hybridized carbons (Fsp3) is 0.500. The predicted molar refractivity (Wildman–Crippen MR) is 57.9 cm³/mol. The van der Waals surface area contributed by atoms with E-state index in [9.17, 15) is 4.79 Å². The fourth-order valence-corrected chi connectivity index (χ4v) is 2.41. The Morgan fingerprint density at radius 1 is 1.67 bits per heavy atom. The van der Waals surface area contributed by atoms with E-state index >= 15 is 0 Å². The first kappa shape index (κ1) is 10.4. The van der Waals surface area contributed by atoms with E-state index < -0.39 is 11.9 Å². The SMILES string of the molecule is CC(C(=O)O)c1ncc2c(n1)CCSC2. The Labute approximate surface area is 92.1 Å². The molecule has 0 fully saturated rings. The molecule has 15 heavy (non-hydrogen) atoms. The standard InChI is InChI=1S/C10H12N2O2S/c1-6(10(13)14)9-11-4-7-5-15-3-2-8(7)12-9/h4,6H,2-3,5H2,1H3,(H,13,14). The van der Waals surface area contributed by atoms with Crippen LogP contribution in [0.3, 0.4) is 0 Å². The second-order valence-electron chi connectivity index (χ2n) is 3.56. The summed E-state index contributed by atoms with van der Waals surface area (Å²) in [6.45, 7) is 1.61. The molecule has 1 aliphatic rings. The van der Waals surface area contributed by atoms with Crippen LogP contribution in [0.4, 0.5) is 0 Å². The molecule has 0 aliphatic carbocycles. The second-order valence-corrected chi connectivity index (χ2v) is 4.67. The number of aliphatic carboxylic acids is 1. The van der Waals surface area contributed by atoms with Crippen molar-refractivity contribution in [3.8, 4) is 0 Å². The molecular formula is C10H12N2O2S. The van der Waals surface area contributed by atoms with Crippen LogP contribution in [0.2, 0.25) is 0 Å². The Bertz CT molecular complexity index is 395. The van der Waals surface area contributed by atoms with Crippen LogP contribution in [0.5, 0.6) is 0 Å². The van der Waals surface area contributed by atoms with Gasteiger partial charge in [0.2, 0.25) is 0 Å². The number of carboxylic acid groups (broad SMARTS) is 1. The average Bonchev–Trinajstić information content (AvgIpc) is 2.27. The number of aryl methyl sites for hydroxylation is 1. The highest BCUT2D eigenvalue weighted by molar-refractivity contribution is 7.98. The molecule has 1 aromatic rings. The van der Waals surface area contributed by atoms with Crippen molar-refractivity contribution in [2.45, 2.75) is 25.0 Å². The Hall–Kier alpha value is -1.10. The molecule has 1 atom stereocenters. The summed E-state index contributed by atoms with van der Waals surface area (Å²) in [5.74, 6) is 0.931. The second kappa shape index (κ2) is 4.18. The van der Waals surface area contributed by atoms with Crippen LogP contribution in [0.1, 0.15) is 29.9 Å². The van der Waals surface area contributed by atoms with Gasteiger partial charge in [0.1, 0.15) is 11.7 Å². The van der Waals surface area contributed by atoms with Gasteiger partial charge in [0.05, 0.1) is 0 Å². The van der Waals surface area contributed by atoms with Crippen molar-refractivity contribution in [3.63, 3.8) is 0 Å². The molecule has 0 saturated carbocycles. The monoisotopic (exact) mass is 224 g/mol. The predicted octanol–water partition coefficient (Wildman–Crippen LogP) is 1.45. The third kappa shape index (κ3) is 2.12. The molecule has 1 aliphatic heterocycles. The number of thioether (sulfide) groups is 1. The van der Waals surface area contributed by atoms with Crippen LogP contribution in [-0.4, -0.2) is 26.8 Å². The number of hydrogen-bond donors (Lipinski definition) is 1. The molecule has 0 radical (unpaired) electrons. The molecule has 0 spiro atoms. The minimum Gasteiger partial charge on any atom is -0.481 e. The maximum atomic E-state index is 10.8. The van der Waals surface area contributed by atoms with Crippen molar-refractivity contribution in [3.05, 3.63) is 23.3 Å². The zero-order valence-electron chi connectivity index (χ0n) is 8.43. The van der Waals surface area contributed by atoms with Crippen LogP contribution in [0.15, 0.2) is 6.20 Å². The molecule has 4 nitrogen and oxygen atoms in total. The molecule has 2 rings (SSSR count). The highest BCUT2D eigenvalue weighted by atomic mass is 32.2. The number of carboxylic acids is 1. The Morgan fingerprint density at radius 3 is 3.20 bits per heavy atom. The lowest BCUT2D eigenvalue weighted by Crippen LogP contribution is -2.15. The van der Waals surface area contributed by atoms with E-state index in [2.05, 4.69) is 9.97 Å². The largest absolute Gasteiger partial charge is 0.481 e. The van der Waals surface area contributed by atoms with E-state index in [0.717, 1.165) is 29.2 Å². The first-order valence-corrected chi connectivity index (χ1v) is 5.99. The van der Waals surface area contributed by atoms with Crippen molar-refractivity contribution in [2.75, 3.05) is 5.75 Å². The summed E-state index contributed by atoms with van der Waals surface area (Å²) in [6.07, 6.45) is 2.69. The van der Waals surface area contributed by atoms with Gasteiger partial charge in [-0.25, -0.2) is 9.97 Å². The smallest absolute Gasteiger partial charge is 0.313 e. The van der Waals surface area contributed by atoms with Crippen molar-refractivity contribution in [1.82, 2.24) is 9.97 Å². The van der Waals surface area contributed by atoms with Gasteiger partial charge in [-0.2, -0.15) is 11.8 Å². The summed E-state index contributed by atoms with van der Waals surface area (Å²) in [7, 11) is 0. The van der Waals surface area contributed by atoms with Gasteiger partial charge in [0.15, 0.2) is 0 Å². The van der Waals surface area contributed by atoms with E-state index in [1.807, 2.05) is 11.8 Å². The quantitative estimate of drug-likeness (QED) is 0.823. The average molecular weight is 224 g/mol. The summed E-state index contributed by atoms with van der Waals surface area (Å²) in [6, 6.07) is 0. The van der Waals surface area contributed by atoms with E-state index in [4.69, 9.17) is 5.11 Å². The number of carbonyl (C=O) groups is 1. The van der Waals surface area contributed by atoms with Gasteiger partial charge in [-0.05, 0) is 19.1 Å². The van der Waals surface area contributed by atoms with Crippen molar-refractivity contribution < 1.29 is 9.90 Å². The number of nitrogens with zero attached hydrogens (tertiary/aromatic N) is 2. The zero-order valence-corrected chi connectivity index (χ0v) is 9.25. The number of hydrogen-bond acceptors (Lipinski definition) is 4. The van der Waals surface area contributed by atoms with Crippen molar-refractivity contribution in [1.29, 1.82) is 0 Å². The van der Waals surface area contributed by atoms with Crippen LogP contribution in [-0.2, 0) is 17.0 Å². The van der Waals surface area contributed by atoms with Crippen LogP contribution < -0.4 is 0 Å². The lowest BCUT2D eigenvalue weighted by molar-refractivity contribution is -0.138. The van der Waals surface area contributed by atoms with Gasteiger partial charge in [-0.3, -0.25) is 4.79 Å². The first-order chi connectivity index (χ1) is 7.18. The third-order valence-corrected chi connectivity index (χ3v) is 3.48. The van der Waals surface area contributed by atoms with E-state index in [0.29, 0.717) is 5.82 Å². The lowest BCUT2D eigenvalue weighted by Gasteiger charge is -2.15. The summed E-state index contributed by atoms with van der Waals surface area (Å²) in [4.78, 5) is 19.2. The molecular weight excluding hydrogens is 212 g/mol. The zero-order chi connectivity index (χ0) is 10.8. The molecule has 0 saturated heterocycles. The molecule has 80 valence electrons. The van der Waals surface area contributed by atoms with Gasteiger partial charge in [0, 0.05) is 23.2 Å². The summed E-state index contributed by atoms with van der Waals surface area (Å²) in [5.41, 5.74) is 2.17. The van der Waals surface area contributed by atoms with Crippen LogP contribution in [0.25, 0.3) is 0 Å². The van der Waals surface area contributed by atoms with Crippen molar-refractivity contribution >= 4 is 17.7 Å². The lowest BCUT2D eigenvalue weighted by atomic mass is 10.1. The van der Waals surface area contributed by atoms with E-state index in [-0.39, 0.29) is 0 Å². The minimum atomic E-state index is -0.875. The molecule has 0 bridgehead atoms. The van der Waals surface area contributed by atoms with E-state index in [1.54, 1.807) is 13.1 Å². The third-order valence-electron chi connectivity index (χ3n) is 2.47. The van der Waals surface area contributed by atoms with Crippen LogP contribution >= 0.6 is 11.8 Å². The number of rotatable bonds is 2. The van der Waals surface area contributed by atoms with Gasteiger partial charge < -0.3 is 5.11 Å². The van der Waals surface area contributed by atoms with Gasteiger partial charge in [-0.15, -0.1) is 0 Å². The minimum absolute atomic E-state index is 0.424. The summed E-state index contributed by atoms with van der Waals surface area (Å²) < 4.78 is 0. The molecule has 2 heterocycles. The number of fused-ring (bicyclic) bond motifs is 1. The van der Waals surface area contributed by atoms with E-state index in [1.165, 1.54) is 0 Å². The normalized spacial score (nSPS) is 16.9. The van der Waals surface area contributed by atoms with Gasteiger partial charge in [0.25, 0.3) is 0 Å². The van der Waals surface area contributed by atoms with Crippen molar-refractivity contribution in [2.24, 2.45) is 0 Å². The summed E-state index contributed by atoms with van der Waals surface area (Å²) in [5, 5.41) is 8.86. The van der Waals surface area contributed by atoms with Gasteiger partial charge >= 0.3 is 5.97 Å². The number of aromatic nitrogens is 2. The molecule has 1 aromatic heterocycles. The Morgan fingerprint density at radius 2 is 2.47 bits per heavy atom. The Kier molecular flexibility index (Phi) is 2.90. The maximum absolute atomic E-state index is 10.8. The highest BCUT2D eigenvalue weighted by Crippen LogP contribution is 2.23. The molecule has 1 N–H and O–H groups in total. The molecule has 0 aromatic carbocycles. The molecule has 0 amide bonds. The maximum Gasteiger partial charge on any atom is 0.313 e. The highest BCUT2D eigenvalue weighted by Gasteiger charge is 2.19. The first-order valence-electron chi connectivity index (χ1n) is 4.83. The molecule has 1 unspecified atom stereocenters. The Balaban J connectivity index is 2.31.